The lowest BCUT2D eigenvalue weighted by molar-refractivity contribution is 0.0339. The molecule has 0 aromatic heterocycles. The first-order valence-corrected chi connectivity index (χ1v) is 10.3. The van der Waals surface area contributed by atoms with Crippen molar-refractivity contribution in [3.63, 3.8) is 0 Å². The summed E-state index contributed by atoms with van der Waals surface area (Å²) in [6.07, 6.45) is 0.773. The molecule has 1 aliphatic heterocycles. The van der Waals surface area contributed by atoms with Crippen molar-refractivity contribution in [1.82, 2.24) is 0 Å². The summed E-state index contributed by atoms with van der Waals surface area (Å²) in [5.74, 6) is 0.803. The molecular formula is C23H42N2O3. The summed E-state index contributed by atoms with van der Waals surface area (Å²) >= 11 is 0. The average molecular weight is 395 g/mol. The number of nitriles is 1. The van der Waals surface area contributed by atoms with E-state index < -0.39 is 0 Å². The molecule has 0 radical (unpaired) electrons. The number of aliphatic hydroxyl groups excluding tert-OH is 1. The van der Waals surface area contributed by atoms with Gasteiger partial charge < -0.3 is 20.3 Å². The van der Waals surface area contributed by atoms with Gasteiger partial charge in [-0.2, -0.15) is 5.26 Å². The zero-order chi connectivity index (χ0) is 22.4. The molecule has 162 valence electrons. The highest BCUT2D eigenvalue weighted by Gasteiger charge is 2.31. The molecular weight excluding hydrogens is 352 g/mol. The summed E-state index contributed by atoms with van der Waals surface area (Å²) in [5, 5.41) is 17.5. The molecule has 0 aliphatic carbocycles. The first-order chi connectivity index (χ1) is 13.1. The molecule has 0 saturated heterocycles. The van der Waals surface area contributed by atoms with Crippen LogP contribution in [0.5, 0.6) is 5.75 Å². The number of aliphatic hydroxyl groups is 1. The number of ether oxygens (including phenoxy) is 2. The van der Waals surface area contributed by atoms with Crippen LogP contribution in [0.4, 0.5) is 0 Å². The number of hydrogen-bond acceptors (Lipinski definition) is 5. The van der Waals surface area contributed by atoms with Crippen LogP contribution < -0.4 is 10.5 Å². The van der Waals surface area contributed by atoms with Crippen molar-refractivity contribution in [3.05, 3.63) is 29.3 Å². The quantitative estimate of drug-likeness (QED) is 0.731. The van der Waals surface area contributed by atoms with Gasteiger partial charge in [-0.15, -0.1) is 0 Å². The van der Waals surface area contributed by atoms with Crippen LogP contribution in [0.2, 0.25) is 0 Å². The molecule has 0 spiro atoms. The Kier molecular flexibility index (Phi) is 14.7. The molecule has 1 aromatic rings. The number of nitrogens with zero attached hydrogens (tertiary/aromatic N) is 1. The number of benzene rings is 1. The summed E-state index contributed by atoms with van der Waals surface area (Å²) in [7, 11) is 0. The van der Waals surface area contributed by atoms with E-state index in [2.05, 4.69) is 6.07 Å². The van der Waals surface area contributed by atoms with Crippen LogP contribution in [-0.4, -0.2) is 30.5 Å². The molecule has 3 N–H and O–H groups in total. The molecule has 5 nitrogen and oxygen atoms in total. The molecule has 1 heterocycles. The van der Waals surface area contributed by atoms with Crippen molar-refractivity contribution in [2.45, 2.75) is 80.4 Å². The standard InChI is InChI=1S/C12H14N2O.C7H16O2.2C2H6/c1-12(2)6-10(14)9-5-8(7-13)3-4-11(9)15-12;1-4-9-6-7(2,3)5-8;2*1-2/h3-5,10H,6,14H2,1-2H3;8H,4-6H2,1-3H3;2*1-2H3. The van der Waals surface area contributed by atoms with Crippen molar-refractivity contribution < 1.29 is 14.6 Å². The molecule has 1 atom stereocenters. The average Bonchev–Trinajstić information content (AvgIpc) is 2.69. The maximum atomic E-state index is 8.80. The Morgan fingerprint density at radius 1 is 1.29 bits per heavy atom. The zero-order valence-corrected chi connectivity index (χ0v) is 19.4. The van der Waals surface area contributed by atoms with E-state index in [0.717, 1.165) is 24.3 Å². The van der Waals surface area contributed by atoms with Crippen LogP contribution in [-0.2, 0) is 4.74 Å². The molecule has 5 heteroatoms. The van der Waals surface area contributed by atoms with Gasteiger partial charge in [-0.3, -0.25) is 0 Å². The van der Waals surface area contributed by atoms with Gasteiger partial charge in [0, 0.05) is 30.0 Å². The van der Waals surface area contributed by atoms with E-state index >= 15 is 0 Å². The lowest BCUT2D eigenvalue weighted by Crippen LogP contribution is -2.37. The Morgan fingerprint density at radius 3 is 2.32 bits per heavy atom. The number of fused-ring (bicyclic) bond motifs is 1. The van der Waals surface area contributed by atoms with Crippen molar-refractivity contribution in [2.75, 3.05) is 19.8 Å². The minimum atomic E-state index is -0.222. The Bertz CT molecular complexity index is 578. The largest absolute Gasteiger partial charge is 0.487 e. The highest BCUT2D eigenvalue weighted by atomic mass is 16.5. The van der Waals surface area contributed by atoms with Crippen molar-refractivity contribution >= 4 is 0 Å². The van der Waals surface area contributed by atoms with Gasteiger partial charge in [0.2, 0.25) is 0 Å². The van der Waals surface area contributed by atoms with Crippen LogP contribution in [0, 0.1) is 16.7 Å². The number of nitrogens with two attached hydrogens (primary N) is 1. The first-order valence-electron chi connectivity index (χ1n) is 10.3. The maximum Gasteiger partial charge on any atom is 0.124 e. The monoisotopic (exact) mass is 394 g/mol. The maximum absolute atomic E-state index is 8.80. The molecule has 0 saturated carbocycles. The molecule has 2 rings (SSSR count). The van der Waals surface area contributed by atoms with E-state index in [1.807, 2.05) is 74.4 Å². The molecule has 1 unspecified atom stereocenters. The van der Waals surface area contributed by atoms with Crippen molar-refractivity contribution in [1.29, 1.82) is 5.26 Å². The molecule has 0 fully saturated rings. The molecule has 0 bridgehead atoms. The predicted octanol–water partition coefficient (Wildman–Crippen LogP) is 5.21. The summed E-state index contributed by atoms with van der Waals surface area (Å²) in [4.78, 5) is 0. The fraction of sp³-hybridized carbons (Fsp3) is 0.696. The Morgan fingerprint density at radius 2 is 1.86 bits per heavy atom. The third kappa shape index (κ3) is 10.7. The minimum Gasteiger partial charge on any atom is -0.487 e. The van der Waals surface area contributed by atoms with Gasteiger partial charge in [0.05, 0.1) is 24.8 Å². The van der Waals surface area contributed by atoms with Crippen molar-refractivity contribution in [2.24, 2.45) is 11.1 Å². The van der Waals surface area contributed by atoms with Gasteiger partial charge in [-0.25, -0.2) is 0 Å². The van der Waals surface area contributed by atoms with E-state index in [1.54, 1.807) is 6.07 Å². The van der Waals surface area contributed by atoms with Gasteiger partial charge in [-0.1, -0.05) is 41.5 Å². The lowest BCUT2D eigenvalue weighted by atomic mass is 9.89. The van der Waals surface area contributed by atoms with Crippen LogP contribution in [0.1, 0.15) is 85.9 Å². The van der Waals surface area contributed by atoms with Gasteiger partial charge in [0.25, 0.3) is 0 Å². The second-order valence-corrected chi connectivity index (χ2v) is 7.50. The molecule has 0 amide bonds. The van der Waals surface area contributed by atoms with E-state index in [1.165, 1.54) is 0 Å². The fourth-order valence-electron chi connectivity index (χ4n) is 2.40. The topological polar surface area (TPSA) is 88.5 Å². The van der Waals surface area contributed by atoms with Crippen LogP contribution in [0.3, 0.4) is 0 Å². The van der Waals surface area contributed by atoms with Crippen LogP contribution in [0.25, 0.3) is 0 Å². The summed E-state index contributed by atoms with van der Waals surface area (Å²) < 4.78 is 10.9. The normalized spacial score (nSPS) is 16.3. The van der Waals surface area contributed by atoms with Crippen molar-refractivity contribution in [3.8, 4) is 11.8 Å². The Balaban J connectivity index is 0. The van der Waals surface area contributed by atoms with Gasteiger partial charge in [0.1, 0.15) is 11.4 Å². The second-order valence-electron chi connectivity index (χ2n) is 7.50. The van der Waals surface area contributed by atoms with Gasteiger partial charge >= 0.3 is 0 Å². The van der Waals surface area contributed by atoms with E-state index in [0.29, 0.717) is 12.2 Å². The second kappa shape index (κ2) is 14.4. The van der Waals surface area contributed by atoms with Crippen LogP contribution >= 0.6 is 0 Å². The first kappa shape index (κ1) is 28.6. The van der Waals surface area contributed by atoms with E-state index in [9.17, 15) is 0 Å². The third-order valence-corrected chi connectivity index (χ3v) is 3.76. The molecule has 28 heavy (non-hydrogen) atoms. The predicted molar refractivity (Wildman–Crippen MR) is 117 cm³/mol. The SMILES string of the molecule is CC.CC.CC1(C)CC(N)c2cc(C#N)ccc2O1.CCOCC(C)(C)CO. The number of rotatable bonds is 4. The third-order valence-electron chi connectivity index (χ3n) is 3.76. The Hall–Kier alpha value is -1.61. The highest BCUT2D eigenvalue weighted by Crippen LogP contribution is 2.38. The number of hydrogen-bond donors (Lipinski definition) is 2. The Labute approximate surface area is 172 Å². The minimum absolute atomic E-state index is 0.0444. The van der Waals surface area contributed by atoms with Crippen LogP contribution in [0.15, 0.2) is 18.2 Å². The zero-order valence-electron chi connectivity index (χ0n) is 19.4. The fourth-order valence-corrected chi connectivity index (χ4v) is 2.40. The smallest absolute Gasteiger partial charge is 0.124 e. The highest BCUT2D eigenvalue weighted by molar-refractivity contribution is 5.45. The molecule has 1 aromatic carbocycles. The van der Waals surface area contributed by atoms with E-state index in [-0.39, 0.29) is 23.7 Å². The van der Waals surface area contributed by atoms with E-state index in [4.69, 9.17) is 25.6 Å². The summed E-state index contributed by atoms with van der Waals surface area (Å²) in [6, 6.07) is 7.46. The molecule has 1 aliphatic rings. The summed E-state index contributed by atoms with van der Waals surface area (Å²) in [5.41, 5.74) is 7.33. The lowest BCUT2D eigenvalue weighted by Gasteiger charge is -2.36. The van der Waals surface area contributed by atoms with Gasteiger partial charge in [-0.05, 0) is 39.0 Å². The summed E-state index contributed by atoms with van der Waals surface area (Å²) in [6.45, 7) is 19.5. The van der Waals surface area contributed by atoms with Gasteiger partial charge in [0.15, 0.2) is 0 Å².